The molecule has 0 radical (unpaired) electrons. The van der Waals surface area contributed by atoms with Crippen LogP contribution in [0.15, 0.2) is 71.1 Å². The van der Waals surface area contributed by atoms with Crippen molar-refractivity contribution in [2.45, 2.75) is 12.5 Å². The molecule has 3 aromatic rings. The Morgan fingerprint density at radius 2 is 1.89 bits per heavy atom. The normalized spacial score (nSPS) is 16.3. The molecule has 0 fully saturated rings. The molecular formula is C21H18N2O3S. The molecule has 0 amide bonds. The summed E-state index contributed by atoms with van der Waals surface area (Å²) in [6.45, 7) is 0. The SMILES string of the molecule is COc1ccc(C2=NN(c3ccc(C(=O)O)cc3)C(c3cccs3)C2)cc1. The standard InChI is InChI=1S/C21H18N2O3S/c1-26-17-10-6-14(7-11-17)18-13-19(20-3-2-12-27-20)23(22-18)16-8-4-15(5-9-16)21(24)25/h2-12,19H,13H2,1H3,(H,24,25). The largest absolute Gasteiger partial charge is 0.497 e. The first-order chi connectivity index (χ1) is 13.2. The van der Waals surface area contributed by atoms with E-state index in [1.165, 1.54) is 4.88 Å². The minimum atomic E-state index is -0.930. The lowest BCUT2D eigenvalue weighted by molar-refractivity contribution is 0.0697. The van der Waals surface area contributed by atoms with Crippen molar-refractivity contribution >= 4 is 28.7 Å². The van der Waals surface area contributed by atoms with E-state index < -0.39 is 5.97 Å². The first kappa shape index (κ1) is 17.3. The molecule has 0 bridgehead atoms. The lowest BCUT2D eigenvalue weighted by Gasteiger charge is -2.22. The van der Waals surface area contributed by atoms with Gasteiger partial charge in [-0.05, 0) is 65.5 Å². The van der Waals surface area contributed by atoms with Crippen molar-refractivity contribution in [3.63, 3.8) is 0 Å². The van der Waals surface area contributed by atoms with Crippen LogP contribution in [0.1, 0.15) is 33.3 Å². The highest BCUT2D eigenvalue weighted by atomic mass is 32.1. The van der Waals surface area contributed by atoms with Gasteiger partial charge in [0, 0.05) is 11.3 Å². The van der Waals surface area contributed by atoms with E-state index in [4.69, 9.17) is 14.9 Å². The lowest BCUT2D eigenvalue weighted by atomic mass is 10.0. The Morgan fingerprint density at radius 1 is 1.15 bits per heavy atom. The van der Waals surface area contributed by atoms with Crippen LogP contribution in [0, 0.1) is 0 Å². The molecule has 5 nitrogen and oxygen atoms in total. The number of carboxylic acids is 1. The monoisotopic (exact) mass is 378 g/mol. The molecule has 4 rings (SSSR count). The minimum Gasteiger partial charge on any atom is -0.497 e. The van der Waals surface area contributed by atoms with Crippen molar-refractivity contribution in [3.05, 3.63) is 82.0 Å². The van der Waals surface area contributed by atoms with Crippen molar-refractivity contribution in [1.29, 1.82) is 0 Å². The Kier molecular flexibility index (Phi) is 4.64. The summed E-state index contributed by atoms with van der Waals surface area (Å²) in [6, 6.07) is 19.0. The van der Waals surface area contributed by atoms with Crippen LogP contribution in [0.25, 0.3) is 0 Å². The zero-order valence-electron chi connectivity index (χ0n) is 14.7. The molecule has 2 heterocycles. The fourth-order valence-electron chi connectivity index (χ4n) is 3.17. The van der Waals surface area contributed by atoms with Gasteiger partial charge in [-0.25, -0.2) is 4.79 Å². The number of carbonyl (C=O) groups is 1. The van der Waals surface area contributed by atoms with Crippen molar-refractivity contribution in [1.82, 2.24) is 0 Å². The molecule has 0 aliphatic carbocycles. The number of thiophene rings is 1. The Morgan fingerprint density at radius 3 is 2.48 bits per heavy atom. The van der Waals surface area contributed by atoms with E-state index in [2.05, 4.69) is 11.4 Å². The highest BCUT2D eigenvalue weighted by Crippen LogP contribution is 2.38. The molecule has 0 saturated carbocycles. The molecule has 1 N–H and O–H groups in total. The van der Waals surface area contributed by atoms with Crippen molar-refractivity contribution < 1.29 is 14.6 Å². The number of rotatable bonds is 5. The maximum atomic E-state index is 11.1. The van der Waals surface area contributed by atoms with Crippen LogP contribution in [-0.4, -0.2) is 23.9 Å². The van der Waals surface area contributed by atoms with Crippen molar-refractivity contribution in [2.75, 3.05) is 12.1 Å². The van der Waals surface area contributed by atoms with E-state index >= 15 is 0 Å². The number of carboxylic acid groups (broad SMARTS) is 1. The third-order valence-electron chi connectivity index (χ3n) is 4.58. The van der Waals surface area contributed by atoms with E-state index in [0.717, 1.165) is 29.1 Å². The zero-order chi connectivity index (χ0) is 18.8. The number of nitrogens with zero attached hydrogens (tertiary/aromatic N) is 2. The summed E-state index contributed by atoms with van der Waals surface area (Å²) < 4.78 is 5.24. The predicted octanol–water partition coefficient (Wildman–Crippen LogP) is 4.81. The van der Waals surface area contributed by atoms with Gasteiger partial charge in [-0.2, -0.15) is 5.10 Å². The zero-order valence-corrected chi connectivity index (χ0v) is 15.5. The minimum absolute atomic E-state index is 0.0952. The maximum Gasteiger partial charge on any atom is 0.335 e. The maximum absolute atomic E-state index is 11.1. The fourth-order valence-corrected chi connectivity index (χ4v) is 3.98. The van der Waals surface area contributed by atoms with Crippen LogP contribution < -0.4 is 9.75 Å². The summed E-state index contributed by atoms with van der Waals surface area (Å²) in [6.07, 6.45) is 0.785. The van der Waals surface area contributed by atoms with Gasteiger partial charge >= 0.3 is 5.97 Å². The van der Waals surface area contributed by atoms with E-state index in [0.29, 0.717) is 0 Å². The van der Waals surface area contributed by atoms with Gasteiger partial charge in [-0.1, -0.05) is 6.07 Å². The second-order valence-corrected chi connectivity index (χ2v) is 7.19. The molecule has 1 aromatic heterocycles. The van der Waals surface area contributed by atoms with Gasteiger partial charge in [0.15, 0.2) is 0 Å². The summed E-state index contributed by atoms with van der Waals surface area (Å²) >= 11 is 1.70. The van der Waals surface area contributed by atoms with Crippen LogP contribution in [0.5, 0.6) is 5.75 Å². The molecule has 1 atom stereocenters. The van der Waals surface area contributed by atoms with Gasteiger partial charge in [0.2, 0.25) is 0 Å². The van der Waals surface area contributed by atoms with Gasteiger partial charge in [-0.3, -0.25) is 5.01 Å². The molecule has 0 spiro atoms. The number of ether oxygens (including phenoxy) is 1. The smallest absolute Gasteiger partial charge is 0.335 e. The van der Waals surface area contributed by atoms with Gasteiger partial charge in [0.1, 0.15) is 5.75 Å². The first-order valence-electron chi connectivity index (χ1n) is 8.53. The number of hydrogen-bond acceptors (Lipinski definition) is 5. The highest BCUT2D eigenvalue weighted by Gasteiger charge is 2.30. The number of benzene rings is 2. The van der Waals surface area contributed by atoms with Crippen molar-refractivity contribution in [3.8, 4) is 5.75 Å². The van der Waals surface area contributed by atoms with E-state index in [9.17, 15) is 4.79 Å². The van der Waals surface area contributed by atoms with Gasteiger partial charge in [0.05, 0.1) is 30.1 Å². The van der Waals surface area contributed by atoms with Crippen molar-refractivity contribution in [2.24, 2.45) is 5.10 Å². The number of hydrazone groups is 1. The van der Waals surface area contributed by atoms with Crippen LogP contribution in [-0.2, 0) is 0 Å². The number of methoxy groups -OCH3 is 1. The Labute approximate surface area is 161 Å². The molecular weight excluding hydrogens is 360 g/mol. The van der Waals surface area contributed by atoms with E-state index in [1.54, 1.807) is 30.6 Å². The second-order valence-electron chi connectivity index (χ2n) is 6.21. The number of aromatic carboxylic acids is 1. The van der Waals surface area contributed by atoms with E-state index in [-0.39, 0.29) is 11.6 Å². The first-order valence-corrected chi connectivity index (χ1v) is 9.41. The number of anilines is 1. The number of hydrogen-bond donors (Lipinski definition) is 1. The molecule has 1 unspecified atom stereocenters. The topological polar surface area (TPSA) is 62.1 Å². The summed E-state index contributed by atoms with van der Waals surface area (Å²) in [5, 5.41) is 18.0. The third kappa shape index (κ3) is 3.44. The molecule has 1 aliphatic rings. The second kappa shape index (κ2) is 7.25. The molecule has 2 aromatic carbocycles. The highest BCUT2D eigenvalue weighted by molar-refractivity contribution is 7.10. The average molecular weight is 378 g/mol. The molecule has 27 heavy (non-hydrogen) atoms. The summed E-state index contributed by atoms with van der Waals surface area (Å²) in [7, 11) is 1.65. The third-order valence-corrected chi connectivity index (χ3v) is 5.56. The van der Waals surface area contributed by atoms with Crippen LogP contribution >= 0.6 is 11.3 Å². The fraction of sp³-hybridized carbons (Fsp3) is 0.143. The van der Waals surface area contributed by atoms with Gasteiger partial charge in [0.25, 0.3) is 0 Å². The van der Waals surface area contributed by atoms with Crippen LogP contribution in [0.4, 0.5) is 5.69 Å². The van der Waals surface area contributed by atoms with E-state index in [1.807, 2.05) is 47.5 Å². The Hall–Kier alpha value is -3.12. The van der Waals surface area contributed by atoms with Crippen LogP contribution in [0.3, 0.4) is 0 Å². The molecule has 136 valence electrons. The van der Waals surface area contributed by atoms with Crippen LogP contribution in [0.2, 0.25) is 0 Å². The summed E-state index contributed by atoms with van der Waals surface area (Å²) in [4.78, 5) is 12.4. The molecule has 1 aliphatic heterocycles. The molecule has 0 saturated heterocycles. The quantitative estimate of drug-likeness (QED) is 0.692. The predicted molar refractivity (Wildman–Crippen MR) is 107 cm³/mol. The van der Waals surface area contributed by atoms with Gasteiger partial charge in [-0.15, -0.1) is 11.3 Å². The average Bonchev–Trinajstić information content (AvgIpc) is 3.38. The van der Waals surface area contributed by atoms with Gasteiger partial charge < -0.3 is 9.84 Å². The Balaban J connectivity index is 1.70. The summed E-state index contributed by atoms with van der Waals surface area (Å²) in [5.41, 5.74) is 3.20. The lowest BCUT2D eigenvalue weighted by Crippen LogP contribution is -2.17. The molecule has 6 heteroatoms. The Bertz CT molecular complexity index is 964. The summed E-state index contributed by atoms with van der Waals surface area (Å²) in [5.74, 6) is -0.117.